The molecule has 1 aliphatic rings. The quantitative estimate of drug-likeness (QED) is 0.238. The summed E-state index contributed by atoms with van der Waals surface area (Å²) in [7, 11) is 0. The first-order chi connectivity index (χ1) is 20.5. The molecule has 3 heterocycles. The predicted octanol–water partition coefficient (Wildman–Crippen LogP) is 4.54. The lowest BCUT2D eigenvalue weighted by atomic mass is 9.97. The molecule has 1 aliphatic carbocycles. The number of fused-ring (bicyclic) bond motifs is 3. The van der Waals surface area contributed by atoms with Gasteiger partial charge in [-0.3, -0.25) is 14.2 Å². The van der Waals surface area contributed by atoms with Crippen LogP contribution in [0.1, 0.15) is 81.1 Å². The maximum absolute atomic E-state index is 14.6. The molecule has 0 saturated carbocycles. The van der Waals surface area contributed by atoms with Crippen molar-refractivity contribution in [3.63, 3.8) is 0 Å². The maximum atomic E-state index is 14.6. The number of aliphatic hydroxyl groups excluding tert-OH is 1. The van der Waals surface area contributed by atoms with E-state index < -0.39 is 23.4 Å². The van der Waals surface area contributed by atoms with Gasteiger partial charge in [-0.05, 0) is 68.0 Å². The average molecular weight is 585 g/mol. The van der Waals surface area contributed by atoms with E-state index in [0.717, 1.165) is 27.4 Å². The number of aromatic nitrogens is 4. The minimum atomic E-state index is -0.778. The highest BCUT2D eigenvalue weighted by Crippen LogP contribution is 2.36. The molecule has 6 rings (SSSR count). The topological polar surface area (TPSA) is 144 Å². The Balaban J connectivity index is 1.25. The maximum Gasteiger partial charge on any atom is 0.420 e. The Kier molecular flexibility index (Phi) is 6.83. The fourth-order valence-electron chi connectivity index (χ4n) is 5.74. The lowest BCUT2D eigenvalue weighted by Gasteiger charge is -2.16. The SMILES string of the molecule is C=C(O)c1ccc2c(c1C)CC[C@@H]2NC(=O)c1cc(C(=O)NCc2ccc3oc(=O)n(C(C)C)c3c2)nc2c(F)cnn12. The summed E-state index contributed by atoms with van der Waals surface area (Å²) in [6.45, 7) is 9.34. The van der Waals surface area contributed by atoms with Crippen LogP contribution in [0.25, 0.3) is 22.5 Å². The largest absolute Gasteiger partial charge is 0.508 e. The van der Waals surface area contributed by atoms with Crippen molar-refractivity contribution in [2.24, 2.45) is 0 Å². The number of nitrogens with zero attached hydrogens (tertiary/aromatic N) is 4. The zero-order valence-electron chi connectivity index (χ0n) is 23.8. The first kappa shape index (κ1) is 27.9. The number of carbonyl (C=O) groups excluding carboxylic acids is 2. The highest BCUT2D eigenvalue weighted by atomic mass is 19.1. The number of halogens is 1. The molecule has 0 bridgehead atoms. The zero-order valence-corrected chi connectivity index (χ0v) is 23.8. The molecular weight excluding hydrogens is 555 g/mol. The van der Waals surface area contributed by atoms with Crippen molar-refractivity contribution in [2.45, 2.75) is 52.2 Å². The molecule has 2 aromatic carbocycles. The van der Waals surface area contributed by atoms with Crippen LogP contribution in [-0.4, -0.2) is 36.1 Å². The summed E-state index contributed by atoms with van der Waals surface area (Å²) in [5.41, 5.74) is 4.79. The van der Waals surface area contributed by atoms with Gasteiger partial charge in [0.2, 0.25) is 0 Å². The Hall–Kier alpha value is -5.26. The first-order valence-corrected chi connectivity index (χ1v) is 13.8. The first-order valence-electron chi connectivity index (χ1n) is 13.8. The minimum Gasteiger partial charge on any atom is -0.508 e. The normalized spacial score (nSPS) is 14.4. The lowest BCUT2D eigenvalue weighted by Crippen LogP contribution is -2.30. The van der Waals surface area contributed by atoms with E-state index in [0.29, 0.717) is 35.1 Å². The van der Waals surface area contributed by atoms with Gasteiger partial charge < -0.3 is 20.2 Å². The van der Waals surface area contributed by atoms with E-state index in [-0.39, 0.29) is 41.4 Å². The van der Waals surface area contributed by atoms with Gasteiger partial charge in [0.1, 0.15) is 17.1 Å². The molecule has 43 heavy (non-hydrogen) atoms. The van der Waals surface area contributed by atoms with Crippen molar-refractivity contribution in [3.8, 4) is 0 Å². The van der Waals surface area contributed by atoms with Crippen LogP contribution < -0.4 is 16.4 Å². The van der Waals surface area contributed by atoms with Gasteiger partial charge in [-0.1, -0.05) is 24.8 Å². The molecule has 1 atom stereocenters. The Labute approximate surface area is 244 Å². The van der Waals surface area contributed by atoms with E-state index in [1.807, 2.05) is 26.8 Å². The third kappa shape index (κ3) is 4.84. The second-order valence-corrected chi connectivity index (χ2v) is 10.9. The fourth-order valence-corrected chi connectivity index (χ4v) is 5.74. The standard InChI is InChI=1S/C31H29FN6O5/c1-15(2)37-25-11-18(5-10-27(25)43-31(37)42)13-33-29(40)24-12-26(38-28(35-24)22(32)14-34-38)30(41)36-23-9-8-20-16(3)19(17(4)39)6-7-21(20)23/h5-7,10-12,14-15,23,39H,4,8-9,13H2,1-3H3,(H,33,40)(H,36,41)/t23-/m0/s1. The van der Waals surface area contributed by atoms with Crippen LogP contribution in [0.15, 0.2) is 58.4 Å². The van der Waals surface area contributed by atoms with E-state index in [1.54, 1.807) is 24.3 Å². The molecule has 5 aromatic rings. The number of hydrogen-bond donors (Lipinski definition) is 3. The van der Waals surface area contributed by atoms with Gasteiger partial charge in [0.05, 0.1) is 17.8 Å². The Morgan fingerprint density at radius 3 is 2.74 bits per heavy atom. The number of rotatable bonds is 7. The Morgan fingerprint density at radius 2 is 2.00 bits per heavy atom. The number of carbonyl (C=O) groups is 2. The molecule has 0 unspecified atom stereocenters. The van der Waals surface area contributed by atoms with E-state index >= 15 is 0 Å². The van der Waals surface area contributed by atoms with Gasteiger partial charge >= 0.3 is 5.76 Å². The van der Waals surface area contributed by atoms with Crippen LogP contribution in [0.5, 0.6) is 0 Å². The summed E-state index contributed by atoms with van der Waals surface area (Å²) in [5, 5.41) is 19.6. The molecule has 220 valence electrons. The van der Waals surface area contributed by atoms with Crippen LogP contribution in [-0.2, 0) is 13.0 Å². The second kappa shape index (κ2) is 10.5. The summed E-state index contributed by atoms with van der Waals surface area (Å²) in [4.78, 5) is 43.0. The van der Waals surface area contributed by atoms with Crippen molar-refractivity contribution in [1.82, 2.24) is 29.8 Å². The van der Waals surface area contributed by atoms with Crippen LogP contribution in [0.3, 0.4) is 0 Å². The molecule has 0 spiro atoms. The molecule has 0 saturated heterocycles. The van der Waals surface area contributed by atoms with Crippen molar-refractivity contribution < 1.29 is 23.5 Å². The Morgan fingerprint density at radius 1 is 1.21 bits per heavy atom. The van der Waals surface area contributed by atoms with Crippen LogP contribution in [0.4, 0.5) is 4.39 Å². The molecule has 3 N–H and O–H groups in total. The highest BCUT2D eigenvalue weighted by molar-refractivity contribution is 5.98. The van der Waals surface area contributed by atoms with Crippen LogP contribution in [0.2, 0.25) is 0 Å². The molecule has 0 aliphatic heterocycles. The molecule has 3 aromatic heterocycles. The Bertz CT molecular complexity index is 2020. The smallest absolute Gasteiger partial charge is 0.420 e. The van der Waals surface area contributed by atoms with Gasteiger partial charge in [0.15, 0.2) is 17.0 Å². The van der Waals surface area contributed by atoms with Crippen molar-refractivity contribution in [1.29, 1.82) is 0 Å². The van der Waals surface area contributed by atoms with Crippen LogP contribution in [0, 0.1) is 12.7 Å². The number of benzene rings is 2. The fraction of sp³-hybridized carbons (Fsp3) is 0.258. The average Bonchev–Trinajstić information content (AvgIpc) is 3.65. The molecular formula is C31H29FN6O5. The summed E-state index contributed by atoms with van der Waals surface area (Å²) in [5.74, 6) is -2.43. The lowest BCUT2D eigenvalue weighted by molar-refractivity contribution is 0.0929. The van der Waals surface area contributed by atoms with Crippen molar-refractivity contribution >= 4 is 34.3 Å². The summed E-state index contributed by atoms with van der Waals surface area (Å²) in [6, 6.07) is 9.59. The summed E-state index contributed by atoms with van der Waals surface area (Å²) < 4.78 is 22.5. The summed E-state index contributed by atoms with van der Waals surface area (Å²) in [6.07, 6.45) is 2.26. The number of hydrogen-bond acceptors (Lipinski definition) is 7. The van der Waals surface area contributed by atoms with Gasteiger partial charge in [-0.25, -0.2) is 18.7 Å². The molecule has 12 heteroatoms. The second-order valence-electron chi connectivity index (χ2n) is 10.9. The molecule has 0 fully saturated rings. The van der Waals surface area contributed by atoms with Gasteiger partial charge in [0, 0.05) is 24.2 Å². The summed E-state index contributed by atoms with van der Waals surface area (Å²) >= 11 is 0. The van der Waals surface area contributed by atoms with Gasteiger partial charge in [-0.2, -0.15) is 5.10 Å². The molecule has 0 radical (unpaired) electrons. The number of oxazole rings is 1. The van der Waals surface area contributed by atoms with Crippen molar-refractivity contribution in [3.05, 3.63) is 105 Å². The monoisotopic (exact) mass is 584 g/mol. The van der Waals surface area contributed by atoms with E-state index in [1.165, 1.54) is 10.6 Å². The third-order valence-electron chi connectivity index (χ3n) is 7.85. The van der Waals surface area contributed by atoms with E-state index in [4.69, 9.17) is 4.42 Å². The molecule has 2 amide bonds. The predicted molar refractivity (Wildman–Crippen MR) is 156 cm³/mol. The van der Waals surface area contributed by atoms with Gasteiger partial charge in [-0.15, -0.1) is 0 Å². The van der Waals surface area contributed by atoms with E-state index in [2.05, 4.69) is 27.3 Å². The third-order valence-corrected chi connectivity index (χ3v) is 7.85. The van der Waals surface area contributed by atoms with Gasteiger partial charge in [0.25, 0.3) is 11.8 Å². The zero-order chi connectivity index (χ0) is 30.6. The number of amides is 2. The number of aliphatic hydroxyl groups is 1. The number of nitrogens with one attached hydrogen (secondary N) is 2. The van der Waals surface area contributed by atoms with Crippen molar-refractivity contribution in [2.75, 3.05) is 0 Å². The molecule has 11 nitrogen and oxygen atoms in total. The highest BCUT2D eigenvalue weighted by Gasteiger charge is 2.28. The van der Waals surface area contributed by atoms with Crippen LogP contribution >= 0.6 is 0 Å². The minimum absolute atomic E-state index is 0.0173. The van der Waals surface area contributed by atoms with E-state index in [9.17, 15) is 23.9 Å².